The minimum absolute atomic E-state index is 0.0142. The number of nitrogens with zero attached hydrogens (tertiary/aromatic N) is 1. The third-order valence-corrected chi connectivity index (χ3v) is 5.79. The van der Waals surface area contributed by atoms with Crippen LogP contribution in [0, 0.1) is 0 Å². The van der Waals surface area contributed by atoms with Crippen LogP contribution in [0.4, 0.5) is 0 Å². The van der Waals surface area contributed by atoms with Gasteiger partial charge in [0.2, 0.25) is 10.0 Å². The Bertz CT molecular complexity index is 509. The fraction of sp³-hybridized carbons (Fsp3) is 0.538. The van der Waals surface area contributed by atoms with Gasteiger partial charge in [-0.15, -0.1) is 0 Å². The molecular weight excluding hydrogens is 270 g/mol. The molecule has 0 atom stereocenters. The normalized spacial score (nSPS) is 17.5. The first kappa shape index (κ1) is 13.8. The Labute approximate surface area is 114 Å². The Morgan fingerprint density at radius 1 is 1.28 bits per heavy atom. The third-order valence-electron chi connectivity index (χ3n) is 3.57. The van der Waals surface area contributed by atoms with Gasteiger partial charge in [0.15, 0.2) is 0 Å². The average Bonchev–Trinajstić information content (AvgIpc) is 2.84. The van der Waals surface area contributed by atoms with Crippen LogP contribution < -0.4 is 0 Å². The maximum absolute atomic E-state index is 12.3. The summed E-state index contributed by atoms with van der Waals surface area (Å²) in [5.41, 5.74) is 0.670. The Hall–Kier alpha value is -0.580. The van der Waals surface area contributed by atoms with Gasteiger partial charge in [-0.3, -0.25) is 0 Å². The number of sulfonamides is 1. The Morgan fingerprint density at radius 2 is 1.89 bits per heavy atom. The van der Waals surface area contributed by atoms with E-state index in [1.807, 2.05) is 6.07 Å². The van der Waals surface area contributed by atoms with Crippen LogP contribution in [0.25, 0.3) is 0 Å². The lowest BCUT2D eigenvalue weighted by atomic mass is 10.2. The van der Waals surface area contributed by atoms with Crippen molar-refractivity contribution in [1.82, 2.24) is 4.31 Å². The van der Waals surface area contributed by atoms with E-state index in [9.17, 15) is 8.42 Å². The van der Waals surface area contributed by atoms with Gasteiger partial charge in [0.25, 0.3) is 0 Å². The minimum atomic E-state index is -3.27. The van der Waals surface area contributed by atoms with Crippen LogP contribution >= 0.6 is 11.6 Å². The molecule has 0 heterocycles. The van der Waals surface area contributed by atoms with Crippen molar-refractivity contribution < 1.29 is 8.42 Å². The van der Waals surface area contributed by atoms with Crippen LogP contribution in [0.5, 0.6) is 0 Å². The summed E-state index contributed by atoms with van der Waals surface area (Å²) in [4.78, 5) is 0. The van der Waals surface area contributed by atoms with Crippen molar-refractivity contribution in [2.45, 2.75) is 37.5 Å². The fourth-order valence-corrected chi connectivity index (χ4v) is 4.20. The monoisotopic (exact) mass is 287 g/mol. The second-order valence-corrected chi connectivity index (χ2v) is 7.24. The summed E-state index contributed by atoms with van der Waals surface area (Å²) < 4.78 is 26.1. The fourth-order valence-electron chi connectivity index (χ4n) is 2.41. The van der Waals surface area contributed by atoms with E-state index in [1.165, 1.54) is 4.31 Å². The first-order valence-corrected chi connectivity index (χ1v) is 8.18. The number of hydrogen-bond acceptors (Lipinski definition) is 2. The van der Waals surface area contributed by atoms with Crippen molar-refractivity contribution in [3.05, 3.63) is 34.9 Å². The SMILES string of the molecule is CN(C1CCCC1)S(=O)(=O)Cc1ccccc1Cl. The second kappa shape index (κ2) is 5.59. The molecule has 1 saturated carbocycles. The lowest BCUT2D eigenvalue weighted by molar-refractivity contribution is 0.372. The van der Waals surface area contributed by atoms with Gasteiger partial charge in [-0.2, -0.15) is 0 Å². The summed E-state index contributed by atoms with van der Waals surface area (Å²) in [6.07, 6.45) is 4.18. The van der Waals surface area contributed by atoms with E-state index in [0.717, 1.165) is 25.7 Å². The van der Waals surface area contributed by atoms with E-state index in [4.69, 9.17) is 11.6 Å². The van der Waals surface area contributed by atoms with E-state index in [-0.39, 0.29) is 11.8 Å². The molecule has 100 valence electrons. The number of halogens is 1. The number of hydrogen-bond donors (Lipinski definition) is 0. The smallest absolute Gasteiger partial charge is 0.212 e. The van der Waals surface area contributed by atoms with Crippen LogP contribution in [0.15, 0.2) is 24.3 Å². The molecule has 0 aliphatic heterocycles. The largest absolute Gasteiger partial charge is 0.218 e. The molecule has 1 fully saturated rings. The molecule has 1 aromatic rings. The van der Waals surface area contributed by atoms with Crippen LogP contribution in [0.2, 0.25) is 5.02 Å². The van der Waals surface area contributed by atoms with Crippen molar-refractivity contribution in [2.24, 2.45) is 0 Å². The van der Waals surface area contributed by atoms with Crippen LogP contribution in [-0.4, -0.2) is 25.8 Å². The standard InChI is InChI=1S/C13H18ClNO2S/c1-15(12-7-3-4-8-12)18(16,17)10-11-6-2-5-9-13(11)14/h2,5-6,9,12H,3-4,7-8,10H2,1H3. The number of rotatable bonds is 4. The van der Waals surface area contributed by atoms with Crippen molar-refractivity contribution in [1.29, 1.82) is 0 Å². The Balaban J connectivity index is 2.14. The molecular formula is C13H18ClNO2S. The van der Waals surface area contributed by atoms with Crippen molar-refractivity contribution in [2.75, 3.05) is 7.05 Å². The molecule has 0 amide bonds. The zero-order valence-corrected chi connectivity index (χ0v) is 12.0. The van der Waals surface area contributed by atoms with Crippen LogP contribution in [-0.2, 0) is 15.8 Å². The first-order valence-electron chi connectivity index (χ1n) is 6.20. The van der Waals surface area contributed by atoms with E-state index in [2.05, 4.69) is 0 Å². The summed E-state index contributed by atoms with van der Waals surface area (Å²) >= 11 is 6.01. The molecule has 0 saturated heterocycles. The molecule has 3 nitrogen and oxygen atoms in total. The van der Waals surface area contributed by atoms with Gasteiger partial charge in [-0.25, -0.2) is 12.7 Å². The summed E-state index contributed by atoms with van der Waals surface area (Å²) in [7, 11) is -1.59. The molecule has 1 aliphatic rings. The van der Waals surface area contributed by atoms with Gasteiger partial charge in [-0.1, -0.05) is 42.6 Å². The summed E-state index contributed by atoms with van der Waals surface area (Å²) in [5.74, 6) is -0.0142. The number of benzene rings is 1. The molecule has 0 spiro atoms. The highest BCUT2D eigenvalue weighted by Crippen LogP contribution is 2.26. The highest BCUT2D eigenvalue weighted by Gasteiger charge is 2.29. The zero-order chi connectivity index (χ0) is 13.2. The zero-order valence-electron chi connectivity index (χ0n) is 10.5. The molecule has 0 aromatic heterocycles. The van der Waals surface area contributed by atoms with Crippen molar-refractivity contribution >= 4 is 21.6 Å². The predicted octanol–water partition coefficient (Wildman–Crippen LogP) is 3.04. The van der Waals surface area contributed by atoms with E-state index in [1.54, 1.807) is 25.2 Å². The molecule has 5 heteroatoms. The maximum atomic E-state index is 12.3. The Morgan fingerprint density at radius 3 is 2.50 bits per heavy atom. The lowest BCUT2D eigenvalue weighted by Crippen LogP contribution is -2.36. The van der Waals surface area contributed by atoms with Gasteiger partial charge in [0.1, 0.15) is 0 Å². The molecule has 0 radical (unpaired) electrons. The van der Waals surface area contributed by atoms with Crippen LogP contribution in [0.1, 0.15) is 31.2 Å². The molecule has 1 aromatic carbocycles. The van der Waals surface area contributed by atoms with E-state index < -0.39 is 10.0 Å². The minimum Gasteiger partial charge on any atom is -0.212 e. The van der Waals surface area contributed by atoms with Gasteiger partial charge >= 0.3 is 0 Å². The predicted molar refractivity (Wildman–Crippen MR) is 74.1 cm³/mol. The molecule has 1 aliphatic carbocycles. The van der Waals surface area contributed by atoms with Crippen molar-refractivity contribution in [3.63, 3.8) is 0 Å². The summed E-state index contributed by atoms with van der Waals surface area (Å²) in [5, 5.41) is 0.515. The molecule has 2 rings (SSSR count). The third kappa shape index (κ3) is 3.05. The second-order valence-electron chi connectivity index (χ2n) is 4.80. The summed E-state index contributed by atoms with van der Waals surface area (Å²) in [6.45, 7) is 0. The van der Waals surface area contributed by atoms with Crippen molar-refractivity contribution in [3.8, 4) is 0 Å². The Kier molecular flexibility index (Phi) is 4.30. The molecule has 0 bridgehead atoms. The average molecular weight is 288 g/mol. The molecule has 18 heavy (non-hydrogen) atoms. The first-order chi connectivity index (χ1) is 8.50. The van der Waals surface area contributed by atoms with Gasteiger partial charge in [0, 0.05) is 18.1 Å². The highest BCUT2D eigenvalue weighted by molar-refractivity contribution is 7.88. The van der Waals surface area contributed by atoms with E-state index >= 15 is 0 Å². The summed E-state index contributed by atoms with van der Waals surface area (Å²) in [6, 6.07) is 7.27. The quantitative estimate of drug-likeness (QED) is 0.853. The van der Waals surface area contributed by atoms with Gasteiger partial charge in [0.05, 0.1) is 5.75 Å². The van der Waals surface area contributed by atoms with Gasteiger partial charge in [-0.05, 0) is 24.5 Å². The van der Waals surface area contributed by atoms with E-state index in [0.29, 0.717) is 10.6 Å². The topological polar surface area (TPSA) is 37.4 Å². The lowest BCUT2D eigenvalue weighted by Gasteiger charge is -2.23. The molecule has 0 unspecified atom stereocenters. The van der Waals surface area contributed by atoms with Gasteiger partial charge < -0.3 is 0 Å². The maximum Gasteiger partial charge on any atom is 0.218 e. The highest BCUT2D eigenvalue weighted by atomic mass is 35.5. The molecule has 0 N–H and O–H groups in total. The van der Waals surface area contributed by atoms with Crippen LogP contribution in [0.3, 0.4) is 0 Å².